The molecular weight excluding hydrogens is 472 g/mol. The first-order chi connectivity index (χ1) is 18.5. The molecule has 5 nitrogen and oxygen atoms in total. The lowest BCUT2D eigenvalue weighted by atomic mass is 9.98. The normalized spacial score (nSPS) is 11.1. The molecule has 0 atom stereocenters. The summed E-state index contributed by atoms with van der Waals surface area (Å²) in [5.41, 5.74) is 7.28. The van der Waals surface area contributed by atoms with Crippen LogP contribution in [-0.2, 0) is 19.6 Å². The third-order valence-electron chi connectivity index (χ3n) is 6.89. The molecule has 4 aromatic carbocycles. The van der Waals surface area contributed by atoms with Crippen LogP contribution in [0.25, 0.3) is 22.2 Å². The number of aryl methyl sites for hydroxylation is 2. The Balaban J connectivity index is 1.51. The highest BCUT2D eigenvalue weighted by atomic mass is 16.5. The second-order valence-corrected chi connectivity index (χ2v) is 9.62. The van der Waals surface area contributed by atoms with Gasteiger partial charge in [-0.25, -0.2) is 9.78 Å². The molecule has 0 aliphatic carbocycles. The Hall–Kier alpha value is -4.38. The van der Waals surface area contributed by atoms with Crippen molar-refractivity contribution in [3.8, 4) is 16.9 Å². The van der Waals surface area contributed by atoms with Crippen LogP contribution in [0.5, 0.6) is 5.75 Å². The largest absolute Gasteiger partial charge is 0.487 e. The molecule has 192 valence electrons. The summed E-state index contributed by atoms with van der Waals surface area (Å²) in [6.07, 6.45) is 3.05. The fourth-order valence-electron chi connectivity index (χ4n) is 4.82. The Morgan fingerprint density at radius 1 is 0.895 bits per heavy atom. The van der Waals surface area contributed by atoms with Gasteiger partial charge < -0.3 is 14.4 Å². The van der Waals surface area contributed by atoms with Gasteiger partial charge in [0.1, 0.15) is 23.7 Å². The molecule has 5 aromatic rings. The lowest BCUT2D eigenvalue weighted by molar-refractivity contribution is 0.0697. The van der Waals surface area contributed by atoms with Crippen LogP contribution in [0.1, 0.15) is 52.6 Å². The molecule has 0 unspecified atom stereocenters. The summed E-state index contributed by atoms with van der Waals surface area (Å²) in [5.74, 6) is 0.964. The minimum atomic E-state index is -0.923. The molecule has 5 rings (SSSR count). The first-order valence-corrected chi connectivity index (χ1v) is 13.1. The van der Waals surface area contributed by atoms with Gasteiger partial charge in [-0.3, -0.25) is 0 Å². The molecule has 0 aliphatic rings. The molecule has 38 heavy (non-hydrogen) atoms. The fourth-order valence-corrected chi connectivity index (χ4v) is 4.82. The van der Waals surface area contributed by atoms with E-state index < -0.39 is 5.97 Å². The van der Waals surface area contributed by atoms with E-state index in [0.717, 1.165) is 69.7 Å². The molecule has 0 saturated heterocycles. The molecule has 5 heteroatoms. The number of fused-ring (bicyclic) bond motifs is 1. The smallest absolute Gasteiger partial charge is 0.336 e. The van der Waals surface area contributed by atoms with E-state index in [4.69, 9.17) is 9.72 Å². The molecular formula is C33H32N2O3. The number of nitrogens with zero attached hydrogens (tertiary/aromatic N) is 2. The number of benzene rings is 4. The highest BCUT2D eigenvalue weighted by molar-refractivity contribution is 5.96. The number of carboxylic acid groups (broad SMARTS) is 1. The predicted molar refractivity (Wildman–Crippen MR) is 152 cm³/mol. The van der Waals surface area contributed by atoms with E-state index in [1.807, 2.05) is 48.5 Å². The lowest BCUT2D eigenvalue weighted by Gasteiger charge is -2.14. The number of imidazole rings is 1. The minimum Gasteiger partial charge on any atom is -0.487 e. The summed E-state index contributed by atoms with van der Waals surface area (Å²) in [6.45, 7) is 5.44. The Morgan fingerprint density at radius 3 is 2.37 bits per heavy atom. The van der Waals surface area contributed by atoms with Crippen molar-refractivity contribution in [2.75, 3.05) is 0 Å². The van der Waals surface area contributed by atoms with Gasteiger partial charge in [-0.2, -0.15) is 0 Å². The van der Waals surface area contributed by atoms with Gasteiger partial charge >= 0.3 is 5.97 Å². The number of unbranched alkanes of at least 4 members (excludes halogenated alkanes) is 1. The van der Waals surface area contributed by atoms with Crippen LogP contribution in [0.15, 0.2) is 91.0 Å². The SMILES string of the molecule is CCCCc1nc2c(C)ccc(OCc3ccccc3)c2n1Cc1ccc(-c2ccccc2C(=O)O)cc1. The molecule has 0 spiro atoms. The first kappa shape index (κ1) is 25.3. The van der Waals surface area contributed by atoms with Gasteiger partial charge in [0.2, 0.25) is 0 Å². The van der Waals surface area contributed by atoms with Gasteiger partial charge in [0.25, 0.3) is 0 Å². The molecule has 0 amide bonds. The number of ether oxygens (including phenoxy) is 1. The fraction of sp³-hybridized carbons (Fsp3) is 0.212. The van der Waals surface area contributed by atoms with E-state index in [2.05, 4.69) is 48.7 Å². The zero-order valence-corrected chi connectivity index (χ0v) is 21.9. The average Bonchev–Trinajstić information content (AvgIpc) is 3.31. The van der Waals surface area contributed by atoms with Crippen molar-refractivity contribution in [2.24, 2.45) is 0 Å². The van der Waals surface area contributed by atoms with Crippen molar-refractivity contribution in [2.45, 2.75) is 46.3 Å². The second kappa shape index (κ2) is 11.3. The van der Waals surface area contributed by atoms with Crippen LogP contribution in [0.4, 0.5) is 0 Å². The van der Waals surface area contributed by atoms with Crippen LogP contribution >= 0.6 is 0 Å². The maximum absolute atomic E-state index is 11.7. The van der Waals surface area contributed by atoms with E-state index in [-0.39, 0.29) is 0 Å². The van der Waals surface area contributed by atoms with Crippen molar-refractivity contribution in [1.29, 1.82) is 0 Å². The highest BCUT2D eigenvalue weighted by Gasteiger charge is 2.18. The molecule has 1 N–H and O–H groups in total. The van der Waals surface area contributed by atoms with Crippen LogP contribution in [0.2, 0.25) is 0 Å². The molecule has 1 heterocycles. The number of aromatic nitrogens is 2. The average molecular weight is 505 g/mol. The topological polar surface area (TPSA) is 64.4 Å². The Morgan fingerprint density at radius 2 is 1.63 bits per heavy atom. The highest BCUT2D eigenvalue weighted by Crippen LogP contribution is 2.32. The van der Waals surface area contributed by atoms with E-state index in [1.54, 1.807) is 12.1 Å². The number of carboxylic acids is 1. The zero-order valence-electron chi connectivity index (χ0n) is 21.9. The number of hydrogen-bond donors (Lipinski definition) is 1. The Bertz CT molecular complexity index is 1550. The van der Waals surface area contributed by atoms with Gasteiger partial charge in [0.05, 0.1) is 11.1 Å². The summed E-state index contributed by atoms with van der Waals surface area (Å²) in [6, 6.07) is 29.6. The second-order valence-electron chi connectivity index (χ2n) is 9.62. The van der Waals surface area contributed by atoms with Crippen molar-refractivity contribution in [1.82, 2.24) is 9.55 Å². The maximum atomic E-state index is 11.7. The van der Waals surface area contributed by atoms with E-state index in [0.29, 0.717) is 18.7 Å². The number of carbonyl (C=O) groups is 1. The van der Waals surface area contributed by atoms with Crippen LogP contribution in [-0.4, -0.2) is 20.6 Å². The summed E-state index contributed by atoms with van der Waals surface area (Å²) >= 11 is 0. The quantitative estimate of drug-likeness (QED) is 0.212. The van der Waals surface area contributed by atoms with Crippen molar-refractivity contribution in [3.05, 3.63) is 119 Å². The molecule has 0 saturated carbocycles. The van der Waals surface area contributed by atoms with Gasteiger partial charge in [-0.1, -0.05) is 92.2 Å². The van der Waals surface area contributed by atoms with Gasteiger partial charge in [-0.15, -0.1) is 0 Å². The summed E-state index contributed by atoms with van der Waals surface area (Å²) in [4.78, 5) is 16.8. The Kier molecular flexibility index (Phi) is 7.55. The third-order valence-corrected chi connectivity index (χ3v) is 6.89. The molecule has 0 bridgehead atoms. The first-order valence-electron chi connectivity index (χ1n) is 13.1. The van der Waals surface area contributed by atoms with Crippen molar-refractivity contribution >= 4 is 17.0 Å². The van der Waals surface area contributed by atoms with Gasteiger partial charge in [0.15, 0.2) is 0 Å². The number of hydrogen-bond acceptors (Lipinski definition) is 3. The summed E-state index contributed by atoms with van der Waals surface area (Å²) < 4.78 is 8.64. The number of aromatic carboxylic acids is 1. The number of rotatable bonds is 10. The monoisotopic (exact) mass is 504 g/mol. The lowest BCUT2D eigenvalue weighted by Crippen LogP contribution is -2.07. The minimum absolute atomic E-state index is 0.304. The standard InChI is InChI=1S/C33H32N2O3/c1-3-4-14-30-34-31-23(2)15-20-29(38-22-25-10-6-5-7-11-25)32(31)35(30)21-24-16-18-26(19-17-24)27-12-8-9-13-28(27)33(36)37/h5-13,15-20H,3-4,14,21-22H2,1-2H3,(H,36,37). The van der Waals surface area contributed by atoms with E-state index in [9.17, 15) is 9.90 Å². The van der Waals surface area contributed by atoms with Gasteiger partial charge in [-0.05, 0) is 53.3 Å². The molecule has 1 aromatic heterocycles. The zero-order chi connectivity index (χ0) is 26.5. The Labute approximate surface area is 223 Å². The molecule has 0 radical (unpaired) electrons. The van der Waals surface area contributed by atoms with Crippen LogP contribution in [0.3, 0.4) is 0 Å². The molecule has 0 aliphatic heterocycles. The van der Waals surface area contributed by atoms with E-state index >= 15 is 0 Å². The van der Waals surface area contributed by atoms with Crippen LogP contribution < -0.4 is 4.74 Å². The summed E-state index contributed by atoms with van der Waals surface area (Å²) in [5, 5.41) is 9.60. The van der Waals surface area contributed by atoms with Crippen LogP contribution in [0, 0.1) is 6.92 Å². The van der Waals surface area contributed by atoms with E-state index in [1.165, 1.54) is 0 Å². The maximum Gasteiger partial charge on any atom is 0.336 e. The summed E-state index contributed by atoms with van der Waals surface area (Å²) in [7, 11) is 0. The van der Waals surface area contributed by atoms with Gasteiger partial charge in [0, 0.05) is 13.0 Å². The predicted octanol–water partition coefficient (Wildman–Crippen LogP) is 7.68. The van der Waals surface area contributed by atoms with Crippen molar-refractivity contribution in [3.63, 3.8) is 0 Å². The third kappa shape index (κ3) is 5.32. The van der Waals surface area contributed by atoms with Crippen molar-refractivity contribution < 1.29 is 14.6 Å². The molecule has 0 fully saturated rings.